The molecule has 9 heterocycles. The average Bonchev–Trinajstić information content (AvgIpc) is 3.96. The van der Waals surface area contributed by atoms with Crippen LogP contribution in [0.5, 0.6) is 0 Å². The zero-order valence-corrected chi connectivity index (χ0v) is 55.3. The van der Waals surface area contributed by atoms with Crippen molar-refractivity contribution in [2.75, 3.05) is 127 Å². The van der Waals surface area contributed by atoms with Crippen molar-refractivity contribution in [3.05, 3.63) is 0 Å². The summed E-state index contributed by atoms with van der Waals surface area (Å²) in [5.74, 6) is 1.78. The lowest BCUT2D eigenvalue weighted by molar-refractivity contribution is -0.00131. The molecule has 0 aromatic rings. The van der Waals surface area contributed by atoms with Crippen LogP contribution in [0.4, 0.5) is 0 Å². The summed E-state index contributed by atoms with van der Waals surface area (Å²) in [6.07, 6.45) is 1.16. The van der Waals surface area contributed by atoms with Crippen molar-refractivity contribution in [3.8, 4) is 0 Å². The molecule has 0 aliphatic carbocycles. The standard InChI is InChI=1S/C6H12O3S.6C5H10O3S.2C4H8O3S/c1-6(2)3-4-10(7,8)5-9-6;1-5(2)3-9(6,7)4-8-5;1-5-2-8-4-9(6,7)3-5;1-5(2)8-3-4-9(5,6)7;1-5-4-9(6,7)3-2-8-5;1-5-4-8-2-3-9(5,6)7;1-5-2-3-9(6,7)4-8-5;1-4-2-8(5,6)3-7-4;1-4-7-2-3-8(4,5)6/h3-5H2,1-2H3;3-4H2,1-2H3;5H,2-4H2,1H3;3-4H2,1-2H3;3*5H,2-4H2,1H3;2*4H,2-3H2,1H3. The second kappa shape index (κ2) is 31.7. The monoisotopic (exact) mass is 1340 g/mol. The maximum atomic E-state index is 11.0. The van der Waals surface area contributed by atoms with Gasteiger partial charge in [0.2, 0.25) is 0 Å². The van der Waals surface area contributed by atoms with Gasteiger partial charge in [-0.15, -0.1) is 0 Å². The zero-order valence-electron chi connectivity index (χ0n) is 47.9. The second-order valence-corrected chi connectivity index (χ2v) is 42.1. The summed E-state index contributed by atoms with van der Waals surface area (Å²) in [5, 5.41) is -0.300. The van der Waals surface area contributed by atoms with Gasteiger partial charge in [-0.05, 0) is 94.9 Å². The maximum Gasteiger partial charge on any atom is 0.181 e. The number of ether oxygens (including phenoxy) is 9. The Hall–Kier alpha value is -0.810. The first-order valence-corrected chi connectivity index (χ1v) is 41.4. The fourth-order valence-electron chi connectivity index (χ4n) is 6.86. The van der Waals surface area contributed by atoms with E-state index in [1.165, 1.54) is 0 Å². The van der Waals surface area contributed by atoms with E-state index in [4.69, 9.17) is 42.6 Å². The van der Waals surface area contributed by atoms with Gasteiger partial charge in [0.1, 0.15) is 29.7 Å². The third-order valence-electron chi connectivity index (χ3n) is 12.0. The summed E-state index contributed by atoms with van der Waals surface area (Å²) >= 11 is 0. The van der Waals surface area contributed by atoms with E-state index in [1.807, 2.05) is 27.7 Å². The Kier molecular flexibility index (Phi) is 30.6. The van der Waals surface area contributed by atoms with Crippen molar-refractivity contribution in [1.82, 2.24) is 0 Å². The zero-order chi connectivity index (χ0) is 62.1. The van der Waals surface area contributed by atoms with Crippen LogP contribution < -0.4 is 0 Å². The van der Waals surface area contributed by atoms with Gasteiger partial charge >= 0.3 is 0 Å². The summed E-state index contributed by atoms with van der Waals surface area (Å²) in [5.41, 5.74) is -1.27. The fraction of sp³-hybridized carbons (Fsp3) is 1.00. The molecule has 6 atom stereocenters. The third-order valence-corrected chi connectivity index (χ3v) is 27.4. The molecule has 0 saturated carbocycles. The van der Waals surface area contributed by atoms with Gasteiger partial charge in [0.15, 0.2) is 98.9 Å². The first-order chi connectivity index (χ1) is 35.9. The normalized spacial score (nSPS) is 33.0. The quantitative estimate of drug-likeness (QED) is 0.314. The molecule has 36 heteroatoms. The van der Waals surface area contributed by atoms with Gasteiger partial charge in [0.05, 0.1) is 132 Å². The SMILES string of the molecule is CC1(C)CCS(=O)(=O)CO1.CC1(C)CS(=O)(=O)CO1.CC1(C)OCCS1(=O)=O.CC1CCS(=O)(=O)CO1.CC1COCCS1(=O)=O.CC1COCS(=O)(=O)C1.CC1CS(=O)(=O)CCO1.CC1CS(=O)(=O)CO1.CC1OCCS1(=O)=O. The molecule has 9 saturated heterocycles. The molecule has 9 fully saturated rings. The van der Waals surface area contributed by atoms with Crippen LogP contribution >= 0.6 is 0 Å². The highest BCUT2D eigenvalue weighted by molar-refractivity contribution is 7.94. The van der Waals surface area contributed by atoms with E-state index in [-0.39, 0.29) is 122 Å². The average molecular weight is 1340 g/mol. The third kappa shape index (κ3) is 32.6. The fourth-order valence-corrected chi connectivity index (χ4v) is 18.4. The Labute approximate surface area is 477 Å². The van der Waals surface area contributed by atoms with Crippen LogP contribution in [-0.4, -0.2) is 248 Å². The minimum absolute atomic E-state index is 0.0860. The molecule has 0 amide bonds. The Balaban J connectivity index is 0.000000450. The highest BCUT2D eigenvalue weighted by atomic mass is 32.2. The number of hydrogen-bond acceptors (Lipinski definition) is 27. The smallest absolute Gasteiger partial charge is 0.181 e. The van der Waals surface area contributed by atoms with E-state index >= 15 is 0 Å². The summed E-state index contributed by atoms with van der Waals surface area (Å²) in [4.78, 5) is -0.938. The Bertz CT molecular complexity index is 2880. The van der Waals surface area contributed by atoms with Gasteiger partial charge in [-0.25, -0.2) is 75.8 Å². The van der Waals surface area contributed by atoms with Gasteiger partial charge in [-0.1, -0.05) is 6.92 Å². The van der Waals surface area contributed by atoms with Crippen LogP contribution in [0.2, 0.25) is 0 Å². The van der Waals surface area contributed by atoms with Gasteiger partial charge in [0.25, 0.3) is 0 Å². The molecule has 0 bridgehead atoms. The maximum absolute atomic E-state index is 11.0. The first-order valence-electron chi connectivity index (χ1n) is 25.4. The predicted octanol–water partition coefficient (Wildman–Crippen LogP) is 0.280. The predicted molar refractivity (Wildman–Crippen MR) is 300 cm³/mol. The lowest BCUT2D eigenvalue weighted by Gasteiger charge is -2.29. The molecule has 0 N–H and O–H groups in total. The van der Waals surface area contributed by atoms with E-state index < -0.39 is 105 Å². The Morgan fingerprint density at radius 2 is 0.875 bits per heavy atom. The van der Waals surface area contributed by atoms with E-state index in [0.29, 0.717) is 52.5 Å². The van der Waals surface area contributed by atoms with Crippen molar-refractivity contribution in [1.29, 1.82) is 0 Å². The molecular weight excluding hydrogens is 1250 g/mol. The van der Waals surface area contributed by atoms with Gasteiger partial charge in [0, 0.05) is 0 Å². The van der Waals surface area contributed by atoms with Crippen molar-refractivity contribution >= 4 is 88.5 Å². The molecule has 0 radical (unpaired) electrons. The highest BCUT2D eigenvalue weighted by Crippen LogP contribution is 2.25. The summed E-state index contributed by atoms with van der Waals surface area (Å²) in [6.45, 7) is 23.4. The Morgan fingerprint density at radius 3 is 1.11 bits per heavy atom. The highest BCUT2D eigenvalue weighted by Gasteiger charge is 2.40. The molecule has 0 aromatic carbocycles. The topological polar surface area (TPSA) is 390 Å². The minimum Gasteiger partial charge on any atom is -0.379 e. The van der Waals surface area contributed by atoms with E-state index in [1.54, 1.807) is 55.4 Å². The molecule has 27 nitrogen and oxygen atoms in total. The molecule has 6 unspecified atom stereocenters. The van der Waals surface area contributed by atoms with Crippen LogP contribution in [0.1, 0.15) is 95.9 Å². The lowest BCUT2D eigenvalue weighted by Crippen LogP contribution is -2.36. The molecule has 9 rings (SSSR count). The van der Waals surface area contributed by atoms with Crippen LogP contribution in [0.3, 0.4) is 0 Å². The molecular formula is C44H88O27S9. The molecule has 0 spiro atoms. The lowest BCUT2D eigenvalue weighted by atomic mass is 10.1. The van der Waals surface area contributed by atoms with Gasteiger partial charge in [-0.2, -0.15) is 0 Å². The van der Waals surface area contributed by atoms with Crippen molar-refractivity contribution in [2.24, 2.45) is 5.92 Å². The number of sulfone groups is 9. The van der Waals surface area contributed by atoms with Crippen LogP contribution in [0, 0.1) is 5.92 Å². The summed E-state index contributed by atoms with van der Waals surface area (Å²) in [6, 6.07) is 0. The molecule has 480 valence electrons. The van der Waals surface area contributed by atoms with E-state index in [0.717, 1.165) is 0 Å². The number of hydrogen-bond donors (Lipinski definition) is 0. The van der Waals surface area contributed by atoms with Crippen molar-refractivity contribution < 1.29 is 118 Å². The van der Waals surface area contributed by atoms with Crippen molar-refractivity contribution in [3.63, 3.8) is 0 Å². The van der Waals surface area contributed by atoms with Crippen molar-refractivity contribution in [2.45, 2.75) is 141 Å². The summed E-state index contributed by atoms with van der Waals surface area (Å²) in [7, 11) is -25.6. The molecule has 0 aromatic heterocycles. The largest absolute Gasteiger partial charge is 0.379 e. The Morgan fingerprint density at radius 1 is 0.375 bits per heavy atom. The molecule has 9 aliphatic rings. The minimum atomic E-state index is -2.95. The first kappa shape index (κ1) is 77.2. The van der Waals surface area contributed by atoms with Gasteiger partial charge in [-0.3, -0.25) is 0 Å². The summed E-state index contributed by atoms with van der Waals surface area (Å²) < 4.78 is 238. The van der Waals surface area contributed by atoms with Crippen LogP contribution in [0.25, 0.3) is 0 Å². The van der Waals surface area contributed by atoms with E-state index in [2.05, 4.69) is 0 Å². The van der Waals surface area contributed by atoms with Gasteiger partial charge < -0.3 is 42.6 Å². The van der Waals surface area contributed by atoms with Crippen LogP contribution in [-0.2, 0) is 131 Å². The molecule has 80 heavy (non-hydrogen) atoms. The molecule has 9 aliphatic heterocycles. The number of rotatable bonds is 0. The van der Waals surface area contributed by atoms with E-state index in [9.17, 15) is 75.8 Å². The van der Waals surface area contributed by atoms with Crippen LogP contribution in [0.15, 0.2) is 0 Å². The second-order valence-electron chi connectivity index (χ2n) is 21.9.